The van der Waals surface area contributed by atoms with E-state index < -0.39 is 11.0 Å². The molecule has 3 saturated carbocycles. The zero-order valence-corrected chi connectivity index (χ0v) is 12.2. The Morgan fingerprint density at radius 3 is 2.26 bits per heavy atom. The van der Waals surface area contributed by atoms with Crippen LogP contribution in [-0.2, 0) is 0 Å². The molecule has 0 radical (unpaired) electrons. The number of nitrogens with zero attached hydrogens (tertiary/aromatic N) is 1. The maximum Gasteiger partial charge on any atom is 0.0860 e. The molecule has 19 heavy (non-hydrogen) atoms. The summed E-state index contributed by atoms with van der Waals surface area (Å²) in [5.74, 6) is 2.29. The maximum atomic E-state index is 11.3. The highest BCUT2D eigenvalue weighted by atomic mass is 16.3. The van der Waals surface area contributed by atoms with Gasteiger partial charge in [0.2, 0.25) is 0 Å². The Morgan fingerprint density at radius 1 is 1.00 bits per heavy atom. The summed E-state index contributed by atoms with van der Waals surface area (Å²) in [7, 11) is 0. The van der Waals surface area contributed by atoms with Gasteiger partial charge in [0.25, 0.3) is 0 Å². The summed E-state index contributed by atoms with van der Waals surface area (Å²) in [6, 6.07) is 2.58. The first-order valence-electron chi connectivity index (χ1n) is 8.22. The molecule has 3 aliphatic carbocycles. The molecule has 3 aliphatic rings. The Labute approximate surface area is 117 Å². The molecule has 0 saturated heterocycles. The standard InChI is InChI=1S/C17H27NO/c1-13-6-9-16(12-18,10-7-13)17(19)8-2-3-15(11-17)14-4-5-14/h13-15,19H,2-11H2,1H3. The number of rotatable bonds is 2. The minimum Gasteiger partial charge on any atom is -0.388 e. The lowest BCUT2D eigenvalue weighted by Gasteiger charge is -2.50. The molecule has 0 aromatic heterocycles. The average Bonchev–Trinajstić information content (AvgIpc) is 3.24. The number of hydrogen-bond donors (Lipinski definition) is 1. The fourth-order valence-corrected chi connectivity index (χ4v) is 4.64. The van der Waals surface area contributed by atoms with Crippen LogP contribution in [0, 0.1) is 34.5 Å². The van der Waals surface area contributed by atoms with Crippen LogP contribution in [0.15, 0.2) is 0 Å². The fourth-order valence-electron chi connectivity index (χ4n) is 4.64. The van der Waals surface area contributed by atoms with Gasteiger partial charge in [-0.15, -0.1) is 0 Å². The second-order valence-electron chi connectivity index (χ2n) is 7.60. The summed E-state index contributed by atoms with van der Waals surface area (Å²) in [4.78, 5) is 0. The summed E-state index contributed by atoms with van der Waals surface area (Å²) in [6.45, 7) is 2.28. The van der Waals surface area contributed by atoms with Gasteiger partial charge in [0.05, 0.1) is 17.1 Å². The molecule has 0 bridgehead atoms. The number of hydrogen-bond acceptors (Lipinski definition) is 2. The van der Waals surface area contributed by atoms with Crippen molar-refractivity contribution in [1.29, 1.82) is 5.26 Å². The Morgan fingerprint density at radius 2 is 1.68 bits per heavy atom. The predicted molar refractivity (Wildman–Crippen MR) is 75.3 cm³/mol. The zero-order chi connectivity index (χ0) is 13.5. The Kier molecular flexibility index (Phi) is 3.38. The van der Waals surface area contributed by atoms with E-state index in [0.29, 0.717) is 5.92 Å². The van der Waals surface area contributed by atoms with Crippen molar-refractivity contribution in [1.82, 2.24) is 0 Å². The van der Waals surface area contributed by atoms with E-state index in [4.69, 9.17) is 0 Å². The molecule has 0 amide bonds. The molecular weight excluding hydrogens is 234 g/mol. The second-order valence-corrected chi connectivity index (χ2v) is 7.60. The second kappa shape index (κ2) is 4.77. The normalized spacial score (nSPS) is 47.6. The predicted octanol–water partition coefficient (Wildman–Crippen LogP) is 4.04. The summed E-state index contributed by atoms with van der Waals surface area (Å²) in [5, 5.41) is 21.0. The molecule has 1 N–H and O–H groups in total. The highest BCUT2D eigenvalue weighted by Gasteiger charge is 2.54. The number of aliphatic hydroxyl groups is 1. The van der Waals surface area contributed by atoms with E-state index in [9.17, 15) is 10.4 Å². The third-order valence-corrected chi connectivity index (χ3v) is 6.29. The van der Waals surface area contributed by atoms with Crippen molar-refractivity contribution in [2.75, 3.05) is 0 Å². The van der Waals surface area contributed by atoms with E-state index in [0.717, 1.165) is 56.8 Å². The van der Waals surface area contributed by atoms with Gasteiger partial charge in [-0.2, -0.15) is 5.26 Å². The molecule has 0 spiro atoms. The van der Waals surface area contributed by atoms with Crippen LogP contribution in [0.25, 0.3) is 0 Å². The quantitative estimate of drug-likeness (QED) is 0.815. The molecule has 3 rings (SSSR count). The lowest BCUT2D eigenvalue weighted by atomic mass is 9.56. The molecule has 3 fully saturated rings. The number of nitriles is 1. The highest BCUT2D eigenvalue weighted by Crippen LogP contribution is 2.55. The van der Waals surface area contributed by atoms with Crippen molar-refractivity contribution in [2.45, 2.75) is 76.7 Å². The average molecular weight is 261 g/mol. The van der Waals surface area contributed by atoms with E-state index in [2.05, 4.69) is 13.0 Å². The van der Waals surface area contributed by atoms with Gasteiger partial charge in [-0.25, -0.2) is 0 Å². The Bertz CT molecular complexity index is 373. The minimum atomic E-state index is -0.687. The molecule has 0 aromatic carbocycles. The molecule has 2 atom stereocenters. The van der Waals surface area contributed by atoms with Gasteiger partial charge in [-0.3, -0.25) is 0 Å². The van der Waals surface area contributed by atoms with Crippen molar-refractivity contribution < 1.29 is 5.11 Å². The minimum absolute atomic E-state index is 0.437. The van der Waals surface area contributed by atoms with E-state index in [-0.39, 0.29) is 0 Å². The van der Waals surface area contributed by atoms with Gasteiger partial charge < -0.3 is 5.11 Å². The van der Waals surface area contributed by atoms with E-state index in [1.54, 1.807) is 0 Å². The topological polar surface area (TPSA) is 44.0 Å². The first-order valence-corrected chi connectivity index (χ1v) is 8.22. The summed E-state index contributed by atoms with van der Waals surface area (Å²) >= 11 is 0. The molecule has 2 unspecified atom stereocenters. The molecular formula is C17H27NO. The Balaban J connectivity index is 1.78. The van der Waals surface area contributed by atoms with Gasteiger partial charge in [-0.1, -0.05) is 13.3 Å². The van der Waals surface area contributed by atoms with E-state index in [1.807, 2.05) is 0 Å². The summed E-state index contributed by atoms with van der Waals surface area (Å²) in [6.07, 6.45) is 10.9. The van der Waals surface area contributed by atoms with Crippen LogP contribution in [0.5, 0.6) is 0 Å². The van der Waals surface area contributed by atoms with Crippen LogP contribution >= 0.6 is 0 Å². The summed E-state index contributed by atoms with van der Waals surface area (Å²) < 4.78 is 0. The fraction of sp³-hybridized carbons (Fsp3) is 0.941. The van der Waals surface area contributed by atoms with Crippen LogP contribution in [0.1, 0.15) is 71.1 Å². The van der Waals surface area contributed by atoms with Gasteiger partial charge in [0.15, 0.2) is 0 Å². The van der Waals surface area contributed by atoms with Crippen molar-refractivity contribution in [3.63, 3.8) is 0 Å². The van der Waals surface area contributed by atoms with Crippen molar-refractivity contribution >= 4 is 0 Å². The third-order valence-electron chi connectivity index (χ3n) is 6.29. The zero-order valence-electron chi connectivity index (χ0n) is 12.2. The largest absolute Gasteiger partial charge is 0.388 e. The van der Waals surface area contributed by atoms with Gasteiger partial charge in [-0.05, 0) is 75.5 Å². The van der Waals surface area contributed by atoms with E-state index >= 15 is 0 Å². The van der Waals surface area contributed by atoms with Crippen molar-refractivity contribution in [3.05, 3.63) is 0 Å². The molecule has 2 heteroatoms. The van der Waals surface area contributed by atoms with E-state index in [1.165, 1.54) is 19.3 Å². The van der Waals surface area contributed by atoms with Gasteiger partial charge in [0, 0.05) is 0 Å². The monoisotopic (exact) mass is 261 g/mol. The van der Waals surface area contributed by atoms with Crippen LogP contribution in [-0.4, -0.2) is 10.7 Å². The van der Waals surface area contributed by atoms with Gasteiger partial charge >= 0.3 is 0 Å². The smallest absolute Gasteiger partial charge is 0.0860 e. The lowest BCUT2D eigenvalue weighted by Crippen LogP contribution is -2.52. The molecule has 106 valence electrons. The van der Waals surface area contributed by atoms with Crippen LogP contribution in [0.2, 0.25) is 0 Å². The Hall–Kier alpha value is -0.550. The molecule has 0 aliphatic heterocycles. The summed E-state index contributed by atoms with van der Waals surface area (Å²) in [5.41, 5.74) is -1.12. The van der Waals surface area contributed by atoms with Crippen LogP contribution < -0.4 is 0 Å². The van der Waals surface area contributed by atoms with Gasteiger partial charge in [0.1, 0.15) is 0 Å². The third kappa shape index (κ3) is 2.31. The highest BCUT2D eigenvalue weighted by molar-refractivity contribution is 5.14. The van der Waals surface area contributed by atoms with Crippen molar-refractivity contribution in [2.24, 2.45) is 23.2 Å². The molecule has 2 nitrogen and oxygen atoms in total. The van der Waals surface area contributed by atoms with Crippen LogP contribution in [0.4, 0.5) is 0 Å². The first kappa shape index (κ1) is 13.4. The molecule has 0 heterocycles. The maximum absolute atomic E-state index is 11.3. The van der Waals surface area contributed by atoms with Crippen molar-refractivity contribution in [3.8, 4) is 6.07 Å². The SMILES string of the molecule is CC1CCC(C#N)(C2(O)CCCC(C3CC3)C2)CC1. The lowest BCUT2D eigenvalue weighted by molar-refractivity contribution is -0.115. The first-order chi connectivity index (χ1) is 9.09. The molecule has 0 aromatic rings. The van der Waals surface area contributed by atoms with Crippen LogP contribution in [0.3, 0.4) is 0 Å².